The van der Waals surface area contributed by atoms with E-state index in [-0.39, 0.29) is 5.75 Å². The van der Waals surface area contributed by atoms with Crippen LogP contribution in [0.1, 0.15) is 19.8 Å². The molecule has 1 aliphatic rings. The van der Waals surface area contributed by atoms with Crippen LogP contribution in [0.25, 0.3) is 22.2 Å². The number of hydrogen-bond donors (Lipinski definition) is 2. The molecular weight excluding hydrogens is 318 g/mol. The van der Waals surface area contributed by atoms with Crippen molar-refractivity contribution < 1.29 is 9.52 Å². The lowest BCUT2D eigenvalue weighted by Crippen LogP contribution is -2.42. The molecule has 0 aliphatic carbocycles. The molecule has 2 aromatic heterocycles. The molecule has 1 fully saturated rings. The number of likely N-dealkylation sites (N-methyl/N-ethyl adjacent to an activating group) is 1. The van der Waals surface area contributed by atoms with Crippen molar-refractivity contribution >= 4 is 16.9 Å². The van der Waals surface area contributed by atoms with E-state index in [9.17, 15) is 5.11 Å². The molecule has 1 saturated heterocycles. The van der Waals surface area contributed by atoms with Gasteiger partial charge in [-0.15, -0.1) is 10.2 Å². The van der Waals surface area contributed by atoms with Gasteiger partial charge in [0.25, 0.3) is 0 Å². The monoisotopic (exact) mass is 339 g/mol. The van der Waals surface area contributed by atoms with Crippen LogP contribution in [0.2, 0.25) is 0 Å². The Morgan fingerprint density at radius 3 is 3.04 bits per heavy atom. The van der Waals surface area contributed by atoms with Gasteiger partial charge in [-0.05, 0) is 44.1 Å². The van der Waals surface area contributed by atoms with E-state index in [2.05, 4.69) is 32.3 Å². The molecule has 0 radical (unpaired) electrons. The number of nitrogens with one attached hydrogen (secondary N) is 1. The molecule has 1 aromatic carbocycles. The molecule has 3 heterocycles. The summed E-state index contributed by atoms with van der Waals surface area (Å²) in [6.07, 6.45) is 5.51. The first kappa shape index (κ1) is 15.8. The van der Waals surface area contributed by atoms with Crippen molar-refractivity contribution in [3.8, 4) is 17.0 Å². The number of aromatic nitrogens is 3. The molecular formula is C18H21N5O2. The van der Waals surface area contributed by atoms with E-state index < -0.39 is 0 Å². The van der Waals surface area contributed by atoms with Crippen LogP contribution >= 0.6 is 0 Å². The summed E-state index contributed by atoms with van der Waals surface area (Å²) < 4.78 is 5.38. The summed E-state index contributed by atoms with van der Waals surface area (Å²) in [5.41, 5.74) is 1.81. The summed E-state index contributed by atoms with van der Waals surface area (Å²) in [6.45, 7) is 5.39. The number of fused-ring (bicyclic) bond motifs is 1. The molecule has 130 valence electrons. The third-order valence-electron chi connectivity index (χ3n) is 4.72. The molecule has 2 N–H and O–H groups in total. The Labute approximate surface area is 145 Å². The van der Waals surface area contributed by atoms with Gasteiger partial charge >= 0.3 is 0 Å². The van der Waals surface area contributed by atoms with Crippen LogP contribution in [0.5, 0.6) is 5.75 Å². The van der Waals surface area contributed by atoms with Gasteiger partial charge in [0, 0.05) is 18.0 Å². The second-order valence-corrected chi connectivity index (χ2v) is 6.34. The Morgan fingerprint density at radius 2 is 2.24 bits per heavy atom. The number of rotatable bonds is 4. The molecule has 1 atom stereocenters. The van der Waals surface area contributed by atoms with Crippen LogP contribution in [0.15, 0.2) is 35.1 Å². The third-order valence-corrected chi connectivity index (χ3v) is 4.72. The highest BCUT2D eigenvalue weighted by atomic mass is 16.3. The van der Waals surface area contributed by atoms with E-state index in [0.717, 1.165) is 31.4 Å². The standard InChI is InChI=1S/C18H21N5O2/c1-2-23-8-3-4-12(11-23)20-18-19-10-14(21-22-18)17-13-7-9-25-16(13)6-5-15(17)24/h5-7,9-10,12,24H,2-4,8,11H2,1H3,(H,19,20,22)/t12-/m1/s1. The summed E-state index contributed by atoms with van der Waals surface area (Å²) in [4.78, 5) is 6.80. The Bertz CT molecular complexity index is 862. The van der Waals surface area contributed by atoms with Crippen LogP contribution in [-0.4, -0.2) is 50.9 Å². The van der Waals surface area contributed by atoms with Gasteiger partial charge in [0.2, 0.25) is 5.95 Å². The zero-order valence-corrected chi connectivity index (χ0v) is 14.1. The summed E-state index contributed by atoms with van der Waals surface area (Å²) in [5, 5.41) is 22.8. The lowest BCUT2D eigenvalue weighted by Gasteiger charge is -2.32. The van der Waals surface area contributed by atoms with Crippen LogP contribution in [0.3, 0.4) is 0 Å². The zero-order valence-electron chi connectivity index (χ0n) is 14.1. The van der Waals surface area contributed by atoms with Gasteiger partial charge in [-0.3, -0.25) is 0 Å². The topological polar surface area (TPSA) is 87.3 Å². The van der Waals surface area contributed by atoms with Gasteiger partial charge in [0.1, 0.15) is 17.0 Å². The number of likely N-dealkylation sites (tertiary alicyclic amines) is 1. The summed E-state index contributed by atoms with van der Waals surface area (Å²) >= 11 is 0. The lowest BCUT2D eigenvalue weighted by atomic mass is 10.1. The fraction of sp³-hybridized carbons (Fsp3) is 0.389. The van der Waals surface area contributed by atoms with E-state index in [4.69, 9.17) is 4.42 Å². The van der Waals surface area contributed by atoms with E-state index in [1.54, 1.807) is 30.7 Å². The number of phenols is 1. The van der Waals surface area contributed by atoms with Crippen molar-refractivity contribution in [1.82, 2.24) is 20.1 Å². The third kappa shape index (κ3) is 3.15. The van der Waals surface area contributed by atoms with Crippen LogP contribution in [0.4, 0.5) is 5.95 Å². The zero-order chi connectivity index (χ0) is 17.2. The fourth-order valence-electron chi connectivity index (χ4n) is 3.40. The smallest absolute Gasteiger partial charge is 0.242 e. The van der Waals surface area contributed by atoms with Crippen molar-refractivity contribution in [2.24, 2.45) is 0 Å². The minimum absolute atomic E-state index is 0.136. The van der Waals surface area contributed by atoms with Crippen molar-refractivity contribution in [3.05, 3.63) is 30.7 Å². The molecule has 0 unspecified atom stereocenters. The molecule has 7 nitrogen and oxygen atoms in total. The molecule has 0 saturated carbocycles. The Kier molecular flexibility index (Phi) is 4.23. The number of nitrogens with zero attached hydrogens (tertiary/aromatic N) is 4. The molecule has 0 amide bonds. The Hall–Kier alpha value is -2.67. The quantitative estimate of drug-likeness (QED) is 0.755. The summed E-state index contributed by atoms with van der Waals surface area (Å²) in [7, 11) is 0. The van der Waals surface area contributed by atoms with E-state index in [1.807, 2.05) is 0 Å². The fourth-order valence-corrected chi connectivity index (χ4v) is 3.40. The maximum Gasteiger partial charge on any atom is 0.242 e. The number of piperidine rings is 1. The van der Waals surface area contributed by atoms with Crippen molar-refractivity contribution in [2.45, 2.75) is 25.8 Å². The number of benzene rings is 1. The largest absolute Gasteiger partial charge is 0.507 e. The van der Waals surface area contributed by atoms with Crippen LogP contribution in [0, 0.1) is 0 Å². The molecule has 7 heteroatoms. The van der Waals surface area contributed by atoms with E-state index >= 15 is 0 Å². The van der Waals surface area contributed by atoms with Gasteiger partial charge in [-0.1, -0.05) is 6.92 Å². The summed E-state index contributed by atoms with van der Waals surface area (Å²) in [5.74, 6) is 0.655. The maximum atomic E-state index is 10.2. The number of hydrogen-bond acceptors (Lipinski definition) is 7. The van der Waals surface area contributed by atoms with Crippen molar-refractivity contribution in [2.75, 3.05) is 25.0 Å². The normalized spacial score (nSPS) is 18.5. The van der Waals surface area contributed by atoms with Crippen molar-refractivity contribution in [1.29, 1.82) is 0 Å². The molecule has 0 spiro atoms. The highest BCUT2D eigenvalue weighted by Gasteiger charge is 2.20. The first-order chi connectivity index (χ1) is 12.2. The van der Waals surface area contributed by atoms with Gasteiger partial charge in [0.05, 0.1) is 18.0 Å². The second-order valence-electron chi connectivity index (χ2n) is 6.34. The SMILES string of the molecule is CCN1CCC[C@@H](Nc2ncc(-c3c(O)ccc4occc34)nn2)C1. The predicted molar refractivity (Wildman–Crippen MR) is 95.5 cm³/mol. The minimum atomic E-state index is 0.136. The highest BCUT2D eigenvalue weighted by molar-refractivity contribution is 5.96. The lowest BCUT2D eigenvalue weighted by molar-refractivity contribution is 0.226. The van der Waals surface area contributed by atoms with Gasteiger partial charge in [-0.25, -0.2) is 4.98 Å². The average molecular weight is 339 g/mol. The number of furan rings is 1. The Morgan fingerprint density at radius 1 is 1.32 bits per heavy atom. The predicted octanol–water partition coefficient (Wildman–Crippen LogP) is 2.89. The summed E-state index contributed by atoms with van der Waals surface area (Å²) in [6, 6.07) is 5.47. The van der Waals surface area contributed by atoms with Gasteiger partial charge in [0.15, 0.2) is 0 Å². The highest BCUT2D eigenvalue weighted by Crippen LogP contribution is 2.35. The molecule has 4 rings (SSSR count). The number of anilines is 1. The number of aromatic hydroxyl groups is 1. The second kappa shape index (κ2) is 6.68. The maximum absolute atomic E-state index is 10.2. The van der Waals surface area contributed by atoms with E-state index in [1.165, 1.54) is 6.42 Å². The van der Waals surface area contributed by atoms with E-state index in [0.29, 0.717) is 28.8 Å². The number of phenolic OH excluding ortho intramolecular Hbond substituents is 1. The first-order valence-corrected chi connectivity index (χ1v) is 8.62. The van der Waals surface area contributed by atoms with Gasteiger partial charge in [-0.2, -0.15) is 0 Å². The van der Waals surface area contributed by atoms with Crippen LogP contribution in [-0.2, 0) is 0 Å². The molecule has 0 bridgehead atoms. The minimum Gasteiger partial charge on any atom is -0.507 e. The molecule has 3 aromatic rings. The van der Waals surface area contributed by atoms with Crippen molar-refractivity contribution in [3.63, 3.8) is 0 Å². The molecule has 1 aliphatic heterocycles. The van der Waals surface area contributed by atoms with Gasteiger partial charge < -0.3 is 19.7 Å². The molecule has 25 heavy (non-hydrogen) atoms. The average Bonchev–Trinajstić information content (AvgIpc) is 3.11. The Balaban J connectivity index is 1.56. The van der Waals surface area contributed by atoms with Crippen LogP contribution < -0.4 is 5.32 Å². The first-order valence-electron chi connectivity index (χ1n) is 8.62.